The highest BCUT2D eigenvalue weighted by Gasteiger charge is 2.61. The summed E-state index contributed by atoms with van der Waals surface area (Å²) in [5.41, 5.74) is 5.34. The minimum Gasteiger partial charge on any atom is -0.466 e. The van der Waals surface area contributed by atoms with Gasteiger partial charge in [0.1, 0.15) is 0 Å². The molecule has 3 heterocycles. The molecular weight excluding hydrogens is 456 g/mol. The van der Waals surface area contributed by atoms with Crippen molar-refractivity contribution in [2.75, 3.05) is 52.4 Å². The molecule has 0 radical (unpaired) electrons. The van der Waals surface area contributed by atoms with Crippen LogP contribution in [0.4, 0.5) is 5.69 Å². The first-order valence-electron chi connectivity index (χ1n) is 13.3. The minimum atomic E-state index is -0.248. The number of hydrogen-bond donors (Lipinski definition) is 1. The number of allylic oxidation sites excluding steroid dienone is 1. The number of fused-ring (bicyclic) bond motifs is 1. The summed E-state index contributed by atoms with van der Waals surface area (Å²) in [7, 11) is 3.23. The van der Waals surface area contributed by atoms with Crippen LogP contribution in [-0.2, 0) is 29.2 Å². The van der Waals surface area contributed by atoms with Gasteiger partial charge in [0.25, 0.3) is 0 Å². The van der Waals surface area contributed by atoms with E-state index in [1.807, 2.05) is 0 Å². The van der Waals surface area contributed by atoms with E-state index in [0.29, 0.717) is 26.2 Å². The van der Waals surface area contributed by atoms with Crippen LogP contribution in [0.2, 0.25) is 0 Å². The quantitative estimate of drug-likeness (QED) is 0.405. The fourth-order valence-corrected chi connectivity index (χ4v) is 7.07. The lowest BCUT2D eigenvalue weighted by atomic mass is 9.61. The number of methoxy groups -OCH3 is 2. The van der Waals surface area contributed by atoms with E-state index in [2.05, 4.69) is 54.4 Å². The van der Waals surface area contributed by atoms with Crippen LogP contribution in [0.5, 0.6) is 0 Å². The van der Waals surface area contributed by atoms with Gasteiger partial charge in [-0.25, -0.2) is 4.79 Å². The molecule has 1 aliphatic carbocycles. The van der Waals surface area contributed by atoms with Crippen LogP contribution in [0, 0.1) is 11.8 Å². The summed E-state index contributed by atoms with van der Waals surface area (Å²) in [6.07, 6.45) is 5.53. The number of hydrogen-bond acceptors (Lipinski definition) is 7. The molecule has 196 valence electrons. The monoisotopic (exact) mass is 496 g/mol. The second kappa shape index (κ2) is 10.7. The Morgan fingerprint density at radius 1 is 1.25 bits per heavy atom. The largest absolute Gasteiger partial charge is 0.466 e. The van der Waals surface area contributed by atoms with Crippen molar-refractivity contribution in [3.63, 3.8) is 0 Å². The predicted octanol–water partition coefficient (Wildman–Crippen LogP) is 4.25. The third-order valence-electron chi connectivity index (χ3n) is 8.52. The number of carbonyl (C=O) groups is 1. The number of likely N-dealkylation sites (tertiary alicyclic amines) is 1. The SMILES string of the molecule is COCCC(C[C@@H]1CC(C(=O)OC)=C2Nc3ccccc3C23CCN(CC=C(C)C)C13)C1OCCO1. The van der Waals surface area contributed by atoms with Crippen molar-refractivity contribution in [3.05, 3.63) is 52.7 Å². The molecule has 1 aromatic carbocycles. The van der Waals surface area contributed by atoms with Gasteiger partial charge >= 0.3 is 5.97 Å². The third kappa shape index (κ3) is 4.40. The van der Waals surface area contributed by atoms with Gasteiger partial charge in [0.15, 0.2) is 6.29 Å². The van der Waals surface area contributed by atoms with E-state index >= 15 is 0 Å². The normalized spacial score (nSPS) is 28.3. The predicted molar refractivity (Wildman–Crippen MR) is 139 cm³/mol. The van der Waals surface area contributed by atoms with Gasteiger partial charge in [0.2, 0.25) is 0 Å². The number of nitrogens with zero attached hydrogens (tertiary/aromatic N) is 1. The summed E-state index contributed by atoms with van der Waals surface area (Å²) in [5, 5.41) is 3.68. The molecule has 4 atom stereocenters. The number of carbonyl (C=O) groups excluding carboxylic acids is 1. The summed E-state index contributed by atoms with van der Waals surface area (Å²) >= 11 is 0. The summed E-state index contributed by atoms with van der Waals surface area (Å²) in [5.74, 6) is 0.224. The molecule has 0 aromatic heterocycles. The average molecular weight is 497 g/mol. The second-order valence-electron chi connectivity index (χ2n) is 10.8. The van der Waals surface area contributed by atoms with Crippen molar-refractivity contribution in [3.8, 4) is 0 Å². The lowest BCUT2D eigenvalue weighted by Gasteiger charge is -2.46. The first-order chi connectivity index (χ1) is 17.5. The Morgan fingerprint density at radius 2 is 2.03 bits per heavy atom. The van der Waals surface area contributed by atoms with E-state index in [0.717, 1.165) is 49.3 Å². The van der Waals surface area contributed by atoms with Gasteiger partial charge < -0.3 is 24.3 Å². The number of nitrogens with one attached hydrogen (secondary N) is 1. The zero-order valence-electron chi connectivity index (χ0n) is 22.0. The molecule has 3 unspecified atom stereocenters. The molecule has 5 rings (SSSR count). The maximum atomic E-state index is 13.2. The topological polar surface area (TPSA) is 69.3 Å². The van der Waals surface area contributed by atoms with Crippen molar-refractivity contribution >= 4 is 11.7 Å². The number of rotatable bonds is 9. The highest BCUT2D eigenvalue weighted by molar-refractivity contribution is 5.93. The summed E-state index contributed by atoms with van der Waals surface area (Å²) in [6, 6.07) is 8.83. The van der Waals surface area contributed by atoms with E-state index in [1.165, 1.54) is 18.2 Å². The average Bonchev–Trinajstić information content (AvgIpc) is 3.62. The molecule has 3 aliphatic heterocycles. The second-order valence-corrected chi connectivity index (χ2v) is 10.8. The Hall–Kier alpha value is -2.19. The Bertz CT molecular complexity index is 1030. The molecular formula is C29H40N2O5. The molecule has 2 fully saturated rings. The van der Waals surface area contributed by atoms with Crippen molar-refractivity contribution in [1.29, 1.82) is 0 Å². The van der Waals surface area contributed by atoms with Gasteiger partial charge in [-0.1, -0.05) is 29.8 Å². The summed E-state index contributed by atoms with van der Waals surface area (Å²) in [6.45, 7) is 8.14. The fourth-order valence-electron chi connectivity index (χ4n) is 7.07. The molecule has 1 spiro atoms. The first-order valence-corrected chi connectivity index (χ1v) is 13.3. The van der Waals surface area contributed by atoms with Crippen molar-refractivity contribution in [1.82, 2.24) is 4.90 Å². The van der Waals surface area contributed by atoms with Crippen LogP contribution < -0.4 is 5.32 Å². The van der Waals surface area contributed by atoms with E-state index in [-0.39, 0.29) is 35.6 Å². The smallest absolute Gasteiger partial charge is 0.335 e. The van der Waals surface area contributed by atoms with Gasteiger partial charge in [0, 0.05) is 50.2 Å². The van der Waals surface area contributed by atoms with Gasteiger partial charge in [0.05, 0.1) is 31.3 Å². The molecule has 1 aromatic rings. The van der Waals surface area contributed by atoms with Crippen LogP contribution in [0.3, 0.4) is 0 Å². The number of ether oxygens (including phenoxy) is 4. The molecule has 0 saturated carbocycles. The third-order valence-corrected chi connectivity index (χ3v) is 8.52. The van der Waals surface area contributed by atoms with Gasteiger partial charge in [-0.15, -0.1) is 0 Å². The number of para-hydroxylation sites is 1. The van der Waals surface area contributed by atoms with Crippen molar-refractivity contribution in [2.45, 2.75) is 57.3 Å². The lowest BCUT2D eigenvalue weighted by Crippen LogP contribution is -2.52. The summed E-state index contributed by atoms with van der Waals surface area (Å²) in [4.78, 5) is 15.8. The maximum Gasteiger partial charge on any atom is 0.335 e. The maximum absolute atomic E-state index is 13.2. The number of anilines is 1. The molecule has 36 heavy (non-hydrogen) atoms. The molecule has 0 bridgehead atoms. The van der Waals surface area contributed by atoms with Crippen molar-refractivity contribution < 1.29 is 23.7 Å². The molecule has 7 heteroatoms. The van der Waals surface area contributed by atoms with Gasteiger partial charge in [-0.3, -0.25) is 4.90 Å². The minimum absolute atomic E-state index is 0.199. The summed E-state index contributed by atoms with van der Waals surface area (Å²) < 4.78 is 22.8. The fraction of sp³-hybridized carbons (Fsp3) is 0.621. The Kier molecular flexibility index (Phi) is 7.54. The standard InChI is InChI=1S/C29H40N2O5/c1-19(2)9-12-31-13-11-29-23-7-5-6-8-24(23)30-25(29)22(27(32)34-4)18-21(26(29)31)17-20(10-14-33-3)28-35-15-16-36-28/h5-9,20-21,26,28,30H,10-18H2,1-4H3/t20?,21-,26?,29?/m1/s1. The molecule has 1 N–H and O–H groups in total. The van der Waals surface area contributed by atoms with E-state index < -0.39 is 0 Å². The zero-order valence-corrected chi connectivity index (χ0v) is 22.0. The molecule has 7 nitrogen and oxygen atoms in total. The zero-order chi connectivity index (χ0) is 25.3. The van der Waals surface area contributed by atoms with Crippen LogP contribution in [-0.4, -0.2) is 70.3 Å². The number of esters is 1. The van der Waals surface area contributed by atoms with Crippen molar-refractivity contribution in [2.24, 2.45) is 11.8 Å². The van der Waals surface area contributed by atoms with Crippen LogP contribution in [0.25, 0.3) is 0 Å². The number of benzene rings is 1. The first kappa shape index (κ1) is 25.5. The highest BCUT2D eigenvalue weighted by Crippen LogP contribution is 2.59. The van der Waals surface area contributed by atoms with Gasteiger partial charge in [-0.05, 0) is 57.1 Å². The molecule has 4 aliphatic rings. The Labute approximate surface area is 214 Å². The van der Waals surface area contributed by atoms with Crippen LogP contribution in [0.1, 0.15) is 45.1 Å². The Balaban J connectivity index is 1.59. The Morgan fingerprint density at radius 3 is 2.75 bits per heavy atom. The van der Waals surface area contributed by atoms with E-state index in [1.54, 1.807) is 7.11 Å². The van der Waals surface area contributed by atoms with Gasteiger partial charge in [-0.2, -0.15) is 0 Å². The lowest BCUT2D eigenvalue weighted by molar-refractivity contribution is -0.137. The highest BCUT2D eigenvalue weighted by atomic mass is 16.7. The van der Waals surface area contributed by atoms with Crippen LogP contribution >= 0.6 is 0 Å². The van der Waals surface area contributed by atoms with E-state index in [9.17, 15) is 4.79 Å². The van der Waals surface area contributed by atoms with Crippen LogP contribution in [0.15, 0.2) is 47.2 Å². The molecule has 0 amide bonds. The molecule has 2 saturated heterocycles. The van der Waals surface area contributed by atoms with E-state index in [4.69, 9.17) is 18.9 Å².